The molecular formula is C10H21F. The first-order chi connectivity index (χ1) is 5.12. The summed E-state index contributed by atoms with van der Waals surface area (Å²) in [5.41, 5.74) is 0.226. The van der Waals surface area contributed by atoms with Crippen LogP contribution in [0.15, 0.2) is 0 Å². The quantitative estimate of drug-likeness (QED) is 0.516. The van der Waals surface area contributed by atoms with E-state index in [0.717, 1.165) is 6.42 Å². The molecule has 0 fully saturated rings. The summed E-state index contributed by atoms with van der Waals surface area (Å²) in [7, 11) is 0. The van der Waals surface area contributed by atoms with Crippen LogP contribution in [0, 0.1) is 5.41 Å². The lowest BCUT2D eigenvalue weighted by Gasteiger charge is -2.22. The summed E-state index contributed by atoms with van der Waals surface area (Å²) in [5.74, 6) is 0. The second-order valence-corrected chi connectivity index (χ2v) is 4.06. The molecule has 0 radical (unpaired) electrons. The van der Waals surface area contributed by atoms with Gasteiger partial charge in [0.15, 0.2) is 0 Å². The molecule has 0 aromatic carbocycles. The second kappa shape index (κ2) is 5.56. The van der Waals surface area contributed by atoms with Crippen LogP contribution in [0.4, 0.5) is 4.39 Å². The summed E-state index contributed by atoms with van der Waals surface area (Å²) in [6, 6.07) is 0. The van der Waals surface area contributed by atoms with Gasteiger partial charge in [-0.05, 0) is 18.3 Å². The topological polar surface area (TPSA) is 0 Å². The van der Waals surface area contributed by atoms with Crippen LogP contribution in [0.3, 0.4) is 0 Å². The van der Waals surface area contributed by atoms with E-state index in [2.05, 4.69) is 20.8 Å². The molecule has 0 rings (SSSR count). The molecule has 0 amide bonds. The largest absolute Gasteiger partial charge is 0.251 e. The molecule has 0 aliphatic heterocycles. The highest BCUT2D eigenvalue weighted by atomic mass is 19.1. The Bertz CT molecular complexity index is 86.9. The van der Waals surface area contributed by atoms with Crippen molar-refractivity contribution in [2.75, 3.05) is 6.67 Å². The predicted molar refractivity (Wildman–Crippen MR) is 48.5 cm³/mol. The Kier molecular flexibility index (Phi) is 5.53. The maximum Gasteiger partial charge on any atom is 0.0899 e. The standard InChI is InChI=1S/C10H21F/c1-4-5-6-7-10(2,3)8-9-11/h4-9H2,1-3H3. The molecule has 0 heterocycles. The molecule has 11 heavy (non-hydrogen) atoms. The number of rotatable bonds is 6. The van der Waals surface area contributed by atoms with E-state index >= 15 is 0 Å². The molecule has 0 bridgehead atoms. The van der Waals surface area contributed by atoms with Crippen molar-refractivity contribution in [1.82, 2.24) is 0 Å². The molecule has 0 aromatic rings. The van der Waals surface area contributed by atoms with E-state index in [0.29, 0.717) is 0 Å². The van der Waals surface area contributed by atoms with E-state index in [4.69, 9.17) is 0 Å². The third-order valence-electron chi connectivity index (χ3n) is 2.23. The third-order valence-corrected chi connectivity index (χ3v) is 2.23. The Hall–Kier alpha value is -0.0700. The van der Waals surface area contributed by atoms with Crippen LogP contribution in [-0.2, 0) is 0 Å². The van der Waals surface area contributed by atoms with Crippen molar-refractivity contribution in [3.63, 3.8) is 0 Å². The summed E-state index contributed by atoms with van der Waals surface area (Å²) >= 11 is 0. The Morgan fingerprint density at radius 3 is 2.18 bits per heavy atom. The summed E-state index contributed by atoms with van der Waals surface area (Å²) < 4.78 is 12.0. The Morgan fingerprint density at radius 2 is 1.73 bits per heavy atom. The van der Waals surface area contributed by atoms with Gasteiger partial charge in [-0.25, -0.2) is 0 Å². The molecule has 0 aliphatic rings. The van der Waals surface area contributed by atoms with Gasteiger partial charge in [-0.2, -0.15) is 0 Å². The predicted octanol–water partition coefficient (Wildman–Crippen LogP) is 3.95. The van der Waals surface area contributed by atoms with Crippen LogP contribution >= 0.6 is 0 Å². The SMILES string of the molecule is CCCCCC(C)(C)CCF. The van der Waals surface area contributed by atoms with Crippen molar-refractivity contribution in [2.24, 2.45) is 5.41 Å². The molecule has 0 atom stereocenters. The minimum Gasteiger partial charge on any atom is -0.251 e. The summed E-state index contributed by atoms with van der Waals surface area (Å²) in [5, 5.41) is 0. The second-order valence-electron chi connectivity index (χ2n) is 4.06. The first-order valence-electron chi connectivity index (χ1n) is 4.68. The van der Waals surface area contributed by atoms with Crippen LogP contribution in [0.5, 0.6) is 0 Å². The van der Waals surface area contributed by atoms with Crippen molar-refractivity contribution in [2.45, 2.75) is 52.9 Å². The highest BCUT2D eigenvalue weighted by Crippen LogP contribution is 2.27. The van der Waals surface area contributed by atoms with Crippen LogP contribution in [0.2, 0.25) is 0 Å². The normalized spacial score (nSPS) is 12.0. The zero-order chi connectivity index (χ0) is 8.74. The fraction of sp³-hybridized carbons (Fsp3) is 1.00. The van der Waals surface area contributed by atoms with Crippen molar-refractivity contribution < 1.29 is 4.39 Å². The minimum atomic E-state index is -0.168. The van der Waals surface area contributed by atoms with E-state index in [1.165, 1.54) is 25.7 Å². The summed E-state index contributed by atoms with van der Waals surface area (Å²) in [6.45, 7) is 6.34. The van der Waals surface area contributed by atoms with Gasteiger partial charge in [0.1, 0.15) is 0 Å². The molecule has 0 nitrogen and oxygen atoms in total. The first-order valence-corrected chi connectivity index (χ1v) is 4.68. The minimum absolute atomic E-state index is 0.168. The lowest BCUT2D eigenvalue weighted by molar-refractivity contribution is 0.260. The van der Waals surface area contributed by atoms with Gasteiger partial charge in [-0.15, -0.1) is 0 Å². The van der Waals surface area contributed by atoms with Gasteiger partial charge in [-0.3, -0.25) is 4.39 Å². The van der Waals surface area contributed by atoms with Crippen molar-refractivity contribution in [1.29, 1.82) is 0 Å². The van der Waals surface area contributed by atoms with E-state index in [1.807, 2.05) is 0 Å². The van der Waals surface area contributed by atoms with E-state index in [9.17, 15) is 4.39 Å². The molecule has 0 saturated heterocycles. The van der Waals surface area contributed by atoms with E-state index in [-0.39, 0.29) is 12.1 Å². The molecule has 0 unspecified atom stereocenters. The number of hydrogen-bond acceptors (Lipinski definition) is 0. The smallest absolute Gasteiger partial charge is 0.0899 e. The fourth-order valence-electron chi connectivity index (χ4n) is 1.23. The number of hydrogen-bond donors (Lipinski definition) is 0. The molecule has 0 aliphatic carbocycles. The highest BCUT2D eigenvalue weighted by molar-refractivity contribution is 4.67. The van der Waals surface area contributed by atoms with Gasteiger partial charge in [0.2, 0.25) is 0 Å². The van der Waals surface area contributed by atoms with Crippen LogP contribution in [0.1, 0.15) is 52.9 Å². The Balaban J connectivity index is 3.38. The maximum atomic E-state index is 12.0. The molecule has 0 spiro atoms. The fourth-order valence-corrected chi connectivity index (χ4v) is 1.23. The summed E-state index contributed by atoms with van der Waals surface area (Å²) in [6.07, 6.45) is 5.69. The third kappa shape index (κ3) is 6.33. The maximum absolute atomic E-state index is 12.0. The van der Waals surface area contributed by atoms with Gasteiger partial charge in [0, 0.05) is 0 Å². The molecule has 1 heteroatoms. The van der Waals surface area contributed by atoms with Gasteiger partial charge in [0.05, 0.1) is 6.67 Å². The highest BCUT2D eigenvalue weighted by Gasteiger charge is 2.15. The lowest BCUT2D eigenvalue weighted by atomic mass is 9.84. The average Bonchev–Trinajstić information content (AvgIpc) is 1.87. The van der Waals surface area contributed by atoms with Crippen LogP contribution in [-0.4, -0.2) is 6.67 Å². The van der Waals surface area contributed by atoms with E-state index < -0.39 is 0 Å². The zero-order valence-corrected chi connectivity index (χ0v) is 8.12. The monoisotopic (exact) mass is 160 g/mol. The van der Waals surface area contributed by atoms with Crippen molar-refractivity contribution >= 4 is 0 Å². The Labute approximate surface area is 70.2 Å². The van der Waals surface area contributed by atoms with Gasteiger partial charge in [0.25, 0.3) is 0 Å². The van der Waals surface area contributed by atoms with Gasteiger partial charge in [-0.1, -0.05) is 40.0 Å². The molecule has 68 valence electrons. The van der Waals surface area contributed by atoms with Crippen molar-refractivity contribution in [3.8, 4) is 0 Å². The first kappa shape index (κ1) is 10.9. The van der Waals surface area contributed by atoms with Crippen molar-refractivity contribution in [3.05, 3.63) is 0 Å². The molecule has 0 saturated carbocycles. The summed E-state index contributed by atoms with van der Waals surface area (Å²) in [4.78, 5) is 0. The molecule has 0 N–H and O–H groups in total. The average molecular weight is 160 g/mol. The number of alkyl halides is 1. The lowest BCUT2D eigenvalue weighted by Crippen LogP contribution is -2.11. The molecule has 0 aromatic heterocycles. The van der Waals surface area contributed by atoms with Gasteiger partial charge >= 0.3 is 0 Å². The zero-order valence-electron chi connectivity index (χ0n) is 8.12. The number of unbranched alkanes of at least 4 members (excludes halogenated alkanes) is 2. The van der Waals surface area contributed by atoms with Crippen LogP contribution < -0.4 is 0 Å². The van der Waals surface area contributed by atoms with Gasteiger partial charge < -0.3 is 0 Å². The Morgan fingerprint density at radius 1 is 1.09 bits per heavy atom. The molecular weight excluding hydrogens is 139 g/mol. The van der Waals surface area contributed by atoms with Crippen LogP contribution in [0.25, 0.3) is 0 Å². The number of halogens is 1. The van der Waals surface area contributed by atoms with E-state index in [1.54, 1.807) is 0 Å².